The molecule has 0 radical (unpaired) electrons. The summed E-state index contributed by atoms with van der Waals surface area (Å²) in [5.74, 6) is 1.21. The van der Waals surface area contributed by atoms with Crippen LogP contribution in [0.25, 0.3) is 11.0 Å². The van der Waals surface area contributed by atoms with E-state index >= 15 is 0 Å². The van der Waals surface area contributed by atoms with E-state index in [0.29, 0.717) is 0 Å². The molecule has 0 amide bonds. The van der Waals surface area contributed by atoms with Crippen molar-refractivity contribution in [1.29, 1.82) is 0 Å². The van der Waals surface area contributed by atoms with Gasteiger partial charge in [0.15, 0.2) is 0 Å². The third-order valence-corrected chi connectivity index (χ3v) is 4.41. The molecule has 0 unspecified atom stereocenters. The fraction of sp³-hybridized carbons (Fsp3) is 0.611. The van der Waals surface area contributed by atoms with E-state index in [1.165, 1.54) is 42.8 Å². The zero-order chi connectivity index (χ0) is 15.0. The van der Waals surface area contributed by atoms with Gasteiger partial charge in [-0.1, -0.05) is 26.8 Å². The summed E-state index contributed by atoms with van der Waals surface area (Å²) >= 11 is 0. The molecule has 114 valence electrons. The van der Waals surface area contributed by atoms with Gasteiger partial charge in [-0.3, -0.25) is 0 Å². The van der Waals surface area contributed by atoms with E-state index in [1.807, 2.05) is 0 Å². The number of imidazole rings is 1. The van der Waals surface area contributed by atoms with Gasteiger partial charge >= 0.3 is 0 Å². The van der Waals surface area contributed by atoms with Crippen LogP contribution in [0.2, 0.25) is 0 Å². The first-order valence-electron chi connectivity index (χ1n) is 8.15. The maximum absolute atomic E-state index is 4.93. The highest BCUT2D eigenvalue weighted by atomic mass is 15.2. The minimum atomic E-state index is 0.0813. The number of nitrogens with zero attached hydrogens (tertiary/aromatic N) is 3. The Balaban J connectivity index is 1.96. The second-order valence-corrected chi connectivity index (χ2v) is 7.38. The Kier molecular flexibility index (Phi) is 3.78. The second kappa shape index (κ2) is 5.45. The van der Waals surface area contributed by atoms with Crippen molar-refractivity contribution in [3.05, 3.63) is 29.6 Å². The maximum atomic E-state index is 4.93. The zero-order valence-corrected chi connectivity index (χ0v) is 13.8. The van der Waals surface area contributed by atoms with Gasteiger partial charge < -0.3 is 9.47 Å². The molecule has 0 aliphatic carbocycles. The van der Waals surface area contributed by atoms with Crippen LogP contribution in [0.5, 0.6) is 0 Å². The van der Waals surface area contributed by atoms with Crippen LogP contribution in [-0.4, -0.2) is 34.1 Å². The fourth-order valence-electron chi connectivity index (χ4n) is 3.29. The number of likely N-dealkylation sites (tertiary alicyclic amines) is 1. The zero-order valence-electron chi connectivity index (χ0n) is 13.8. The highest BCUT2D eigenvalue weighted by Crippen LogP contribution is 2.27. The van der Waals surface area contributed by atoms with Crippen LogP contribution in [0, 0.1) is 6.92 Å². The fourth-order valence-corrected chi connectivity index (χ4v) is 3.29. The molecule has 2 aromatic rings. The molecule has 1 aromatic carbocycles. The first-order chi connectivity index (χ1) is 9.95. The third kappa shape index (κ3) is 2.98. The Morgan fingerprint density at radius 2 is 1.81 bits per heavy atom. The Morgan fingerprint density at radius 1 is 1.10 bits per heavy atom. The summed E-state index contributed by atoms with van der Waals surface area (Å²) in [5, 5.41) is 0. The minimum absolute atomic E-state index is 0.0813. The molecule has 21 heavy (non-hydrogen) atoms. The standard InChI is InChI=1S/C18H27N3/c1-14-7-8-16-15(13-14)19-17(18(2,3)4)21(16)12-11-20-9-5-6-10-20/h7-8,13H,5-6,9-12H2,1-4H3. The molecule has 0 bridgehead atoms. The van der Waals surface area contributed by atoms with Gasteiger partial charge in [0.25, 0.3) is 0 Å². The first kappa shape index (κ1) is 14.6. The molecule has 1 aromatic heterocycles. The molecule has 0 atom stereocenters. The Bertz CT molecular complexity index is 628. The number of aryl methyl sites for hydroxylation is 1. The van der Waals surface area contributed by atoms with Gasteiger partial charge in [-0.25, -0.2) is 4.98 Å². The Morgan fingerprint density at radius 3 is 2.48 bits per heavy atom. The average Bonchev–Trinajstić information content (AvgIpc) is 3.01. The smallest absolute Gasteiger partial charge is 0.115 e. The van der Waals surface area contributed by atoms with Crippen molar-refractivity contribution in [2.45, 2.75) is 52.5 Å². The van der Waals surface area contributed by atoms with Crippen molar-refractivity contribution < 1.29 is 0 Å². The number of rotatable bonds is 3. The van der Waals surface area contributed by atoms with Crippen LogP contribution in [0.1, 0.15) is 45.0 Å². The molecule has 2 heterocycles. The summed E-state index contributed by atoms with van der Waals surface area (Å²) in [6, 6.07) is 6.64. The van der Waals surface area contributed by atoms with Crippen molar-refractivity contribution in [2.75, 3.05) is 19.6 Å². The van der Waals surface area contributed by atoms with E-state index in [-0.39, 0.29) is 5.41 Å². The van der Waals surface area contributed by atoms with E-state index in [0.717, 1.165) is 18.6 Å². The largest absolute Gasteiger partial charge is 0.326 e. The lowest BCUT2D eigenvalue weighted by atomic mass is 9.95. The van der Waals surface area contributed by atoms with E-state index in [1.54, 1.807) is 0 Å². The lowest BCUT2D eigenvalue weighted by molar-refractivity contribution is 0.318. The molecule has 1 aliphatic rings. The quantitative estimate of drug-likeness (QED) is 0.856. The predicted molar refractivity (Wildman–Crippen MR) is 88.8 cm³/mol. The number of fused-ring (bicyclic) bond motifs is 1. The summed E-state index contributed by atoms with van der Waals surface area (Å²) in [6.45, 7) is 13.6. The third-order valence-electron chi connectivity index (χ3n) is 4.41. The molecule has 1 saturated heterocycles. The highest BCUT2D eigenvalue weighted by Gasteiger charge is 2.23. The van der Waals surface area contributed by atoms with Crippen LogP contribution in [0.3, 0.4) is 0 Å². The topological polar surface area (TPSA) is 21.1 Å². The summed E-state index contributed by atoms with van der Waals surface area (Å²) in [7, 11) is 0. The number of hydrogen-bond donors (Lipinski definition) is 0. The van der Waals surface area contributed by atoms with Crippen molar-refractivity contribution in [1.82, 2.24) is 14.5 Å². The molecule has 0 saturated carbocycles. The van der Waals surface area contributed by atoms with Gasteiger partial charge in [-0.05, 0) is 50.6 Å². The predicted octanol–water partition coefficient (Wildman–Crippen LogP) is 3.74. The summed E-state index contributed by atoms with van der Waals surface area (Å²) in [6.07, 6.45) is 2.71. The normalized spacial score (nSPS) is 17.0. The maximum Gasteiger partial charge on any atom is 0.115 e. The molecule has 0 spiro atoms. The van der Waals surface area contributed by atoms with Gasteiger partial charge in [-0.15, -0.1) is 0 Å². The highest BCUT2D eigenvalue weighted by molar-refractivity contribution is 5.77. The van der Waals surface area contributed by atoms with Gasteiger partial charge in [0.05, 0.1) is 11.0 Å². The number of aromatic nitrogens is 2. The van der Waals surface area contributed by atoms with Crippen molar-refractivity contribution in [3.8, 4) is 0 Å². The average molecular weight is 285 g/mol. The van der Waals surface area contributed by atoms with Gasteiger partial charge in [0.2, 0.25) is 0 Å². The lowest BCUT2D eigenvalue weighted by Gasteiger charge is -2.22. The SMILES string of the molecule is Cc1ccc2c(c1)nc(C(C)(C)C)n2CCN1CCCC1. The van der Waals surface area contributed by atoms with Gasteiger partial charge in [0.1, 0.15) is 5.82 Å². The molecule has 3 rings (SSSR count). The van der Waals surface area contributed by atoms with Gasteiger partial charge in [0, 0.05) is 18.5 Å². The first-order valence-corrected chi connectivity index (χ1v) is 8.15. The molecule has 3 nitrogen and oxygen atoms in total. The van der Waals surface area contributed by atoms with Crippen LogP contribution in [0.4, 0.5) is 0 Å². The van der Waals surface area contributed by atoms with Crippen LogP contribution in [-0.2, 0) is 12.0 Å². The summed E-state index contributed by atoms with van der Waals surface area (Å²) in [5.41, 5.74) is 3.79. The number of hydrogen-bond acceptors (Lipinski definition) is 2. The molecular formula is C18H27N3. The second-order valence-electron chi connectivity index (χ2n) is 7.38. The van der Waals surface area contributed by atoms with E-state index in [9.17, 15) is 0 Å². The Labute approximate surface area is 128 Å². The van der Waals surface area contributed by atoms with Crippen molar-refractivity contribution in [2.24, 2.45) is 0 Å². The molecule has 0 N–H and O–H groups in total. The molecule has 1 fully saturated rings. The monoisotopic (exact) mass is 285 g/mol. The van der Waals surface area contributed by atoms with Crippen molar-refractivity contribution >= 4 is 11.0 Å². The summed E-state index contributed by atoms with van der Waals surface area (Å²) < 4.78 is 2.44. The summed E-state index contributed by atoms with van der Waals surface area (Å²) in [4.78, 5) is 7.51. The van der Waals surface area contributed by atoms with E-state index in [4.69, 9.17) is 4.98 Å². The molecular weight excluding hydrogens is 258 g/mol. The minimum Gasteiger partial charge on any atom is -0.326 e. The van der Waals surface area contributed by atoms with Crippen LogP contribution in [0.15, 0.2) is 18.2 Å². The van der Waals surface area contributed by atoms with E-state index < -0.39 is 0 Å². The van der Waals surface area contributed by atoms with E-state index in [2.05, 4.69) is 55.4 Å². The lowest BCUT2D eigenvalue weighted by Crippen LogP contribution is -2.27. The molecule has 3 heteroatoms. The van der Waals surface area contributed by atoms with Crippen molar-refractivity contribution in [3.63, 3.8) is 0 Å². The van der Waals surface area contributed by atoms with Crippen LogP contribution >= 0.6 is 0 Å². The number of benzene rings is 1. The van der Waals surface area contributed by atoms with Crippen LogP contribution < -0.4 is 0 Å². The Hall–Kier alpha value is -1.35. The van der Waals surface area contributed by atoms with Gasteiger partial charge in [-0.2, -0.15) is 0 Å². The molecule has 1 aliphatic heterocycles.